The molecule has 2 atom stereocenters. The van der Waals surface area contributed by atoms with Crippen molar-refractivity contribution in [3.05, 3.63) is 88.3 Å². The number of aryl methyl sites for hydroxylation is 1. The summed E-state index contributed by atoms with van der Waals surface area (Å²) < 4.78 is 27.5. The van der Waals surface area contributed by atoms with Gasteiger partial charge in [-0.25, -0.2) is 18.7 Å². The Bertz CT molecular complexity index is 1090. The second-order valence-electron chi connectivity index (χ2n) is 8.53. The molecule has 1 aliphatic carbocycles. The molecule has 1 heterocycles. The zero-order valence-corrected chi connectivity index (χ0v) is 19.1. The predicted octanol–water partition coefficient (Wildman–Crippen LogP) is 4.63. The van der Waals surface area contributed by atoms with Gasteiger partial charge in [0, 0.05) is 24.3 Å². The normalized spacial score (nSPS) is 16.3. The van der Waals surface area contributed by atoms with Gasteiger partial charge < -0.3 is 15.7 Å². The van der Waals surface area contributed by atoms with E-state index in [4.69, 9.17) is 11.6 Å². The fraction of sp³-hybridized carbons (Fsp3) is 0.360. The first-order chi connectivity index (χ1) is 15.9. The van der Waals surface area contributed by atoms with Gasteiger partial charge in [0.05, 0.1) is 12.1 Å². The molecule has 5 nitrogen and oxygen atoms in total. The summed E-state index contributed by atoms with van der Waals surface area (Å²) in [7, 11) is 0. The molecule has 4 rings (SSSR count). The fourth-order valence-corrected chi connectivity index (χ4v) is 4.24. The van der Waals surface area contributed by atoms with Gasteiger partial charge in [0.1, 0.15) is 17.5 Å². The number of benzene rings is 2. The van der Waals surface area contributed by atoms with Crippen LogP contribution < -0.4 is 10.6 Å². The first kappa shape index (κ1) is 23.5. The Labute approximate surface area is 197 Å². The van der Waals surface area contributed by atoms with Crippen LogP contribution >= 0.6 is 11.6 Å². The van der Waals surface area contributed by atoms with Gasteiger partial charge in [-0.15, -0.1) is 0 Å². The molecular formula is C25H27ClF2N4O. The summed E-state index contributed by atoms with van der Waals surface area (Å²) in [4.78, 5) is 7.99. The van der Waals surface area contributed by atoms with Gasteiger partial charge in [-0.3, -0.25) is 0 Å². The van der Waals surface area contributed by atoms with Crippen molar-refractivity contribution in [2.45, 2.75) is 50.3 Å². The van der Waals surface area contributed by atoms with Gasteiger partial charge in [-0.2, -0.15) is 0 Å². The lowest BCUT2D eigenvalue weighted by atomic mass is 9.98. The van der Waals surface area contributed by atoms with Crippen LogP contribution in [0, 0.1) is 11.6 Å². The molecule has 0 spiro atoms. The standard InChI is InChI=1S/C25H27ClF2N4O/c1-2-16-4-3-5-18(10-16)25(7-8-25)30-15-22(33)21(31-23-6-9-29-24(26)32-23)13-17-11-19(27)14-20(28)12-17/h3-6,9-12,14,21-22,30,33H,2,7-8,13,15H2,1H3,(H,29,31,32)/t21-,22+/m0/s1. The Morgan fingerprint density at radius 2 is 1.85 bits per heavy atom. The molecule has 1 fully saturated rings. The number of nitrogens with zero attached hydrogens (tertiary/aromatic N) is 2. The van der Waals surface area contributed by atoms with Crippen LogP contribution in [0.3, 0.4) is 0 Å². The SMILES string of the molecule is CCc1cccc(C2(NC[C@@H](O)[C@H](Cc3cc(F)cc(F)c3)Nc3ccnc(Cl)n3)CC2)c1. The first-order valence-corrected chi connectivity index (χ1v) is 11.5. The highest BCUT2D eigenvalue weighted by molar-refractivity contribution is 6.28. The van der Waals surface area contributed by atoms with E-state index < -0.39 is 23.8 Å². The molecule has 2 aromatic carbocycles. The molecule has 3 aromatic rings. The van der Waals surface area contributed by atoms with Crippen LogP contribution in [0.1, 0.15) is 36.5 Å². The van der Waals surface area contributed by atoms with Crippen molar-refractivity contribution < 1.29 is 13.9 Å². The molecule has 1 aromatic heterocycles. The Kier molecular flexibility index (Phi) is 7.22. The van der Waals surface area contributed by atoms with Crippen molar-refractivity contribution in [2.24, 2.45) is 0 Å². The van der Waals surface area contributed by atoms with E-state index in [0.717, 1.165) is 25.3 Å². The zero-order valence-electron chi connectivity index (χ0n) is 18.4. The van der Waals surface area contributed by atoms with Gasteiger partial charge in [0.2, 0.25) is 5.28 Å². The maximum Gasteiger partial charge on any atom is 0.224 e. The lowest BCUT2D eigenvalue weighted by Crippen LogP contribution is -2.45. The Morgan fingerprint density at radius 1 is 1.09 bits per heavy atom. The Morgan fingerprint density at radius 3 is 2.52 bits per heavy atom. The summed E-state index contributed by atoms with van der Waals surface area (Å²) in [5, 5.41) is 17.8. The third-order valence-electron chi connectivity index (χ3n) is 6.09. The van der Waals surface area contributed by atoms with Gasteiger partial charge in [-0.05, 0) is 72.2 Å². The summed E-state index contributed by atoms with van der Waals surface area (Å²) in [6, 6.07) is 12.9. The van der Waals surface area contributed by atoms with Gasteiger partial charge >= 0.3 is 0 Å². The number of aliphatic hydroxyl groups is 1. The molecule has 0 aliphatic heterocycles. The summed E-state index contributed by atoms with van der Waals surface area (Å²) in [6.07, 6.45) is 3.77. The van der Waals surface area contributed by atoms with E-state index in [9.17, 15) is 13.9 Å². The van der Waals surface area contributed by atoms with E-state index in [1.807, 2.05) is 0 Å². The van der Waals surface area contributed by atoms with Crippen molar-refractivity contribution in [3.8, 4) is 0 Å². The second-order valence-corrected chi connectivity index (χ2v) is 8.87. The number of aromatic nitrogens is 2. The van der Waals surface area contributed by atoms with E-state index >= 15 is 0 Å². The summed E-state index contributed by atoms with van der Waals surface area (Å²) in [5.74, 6) is -0.893. The molecule has 174 valence electrons. The minimum Gasteiger partial charge on any atom is -0.390 e. The van der Waals surface area contributed by atoms with Crippen LogP contribution in [0.2, 0.25) is 5.28 Å². The monoisotopic (exact) mass is 472 g/mol. The average Bonchev–Trinajstić information content (AvgIpc) is 3.58. The minimum absolute atomic E-state index is 0.0657. The number of hydrogen-bond acceptors (Lipinski definition) is 5. The molecule has 0 radical (unpaired) electrons. The largest absolute Gasteiger partial charge is 0.390 e. The van der Waals surface area contributed by atoms with E-state index in [0.29, 0.717) is 17.9 Å². The van der Waals surface area contributed by atoms with Gasteiger partial charge in [-0.1, -0.05) is 31.2 Å². The number of anilines is 1. The topological polar surface area (TPSA) is 70.1 Å². The summed E-state index contributed by atoms with van der Waals surface area (Å²) in [6.45, 7) is 2.42. The molecule has 3 N–H and O–H groups in total. The maximum absolute atomic E-state index is 13.7. The molecule has 33 heavy (non-hydrogen) atoms. The third-order valence-corrected chi connectivity index (χ3v) is 6.27. The van der Waals surface area contributed by atoms with Crippen molar-refractivity contribution >= 4 is 17.4 Å². The zero-order chi connectivity index (χ0) is 23.4. The third kappa shape index (κ3) is 6.05. The van der Waals surface area contributed by atoms with Crippen LogP contribution in [0.4, 0.5) is 14.6 Å². The summed E-state index contributed by atoms with van der Waals surface area (Å²) in [5.41, 5.74) is 2.77. The first-order valence-electron chi connectivity index (χ1n) is 11.1. The summed E-state index contributed by atoms with van der Waals surface area (Å²) >= 11 is 5.90. The molecule has 1 saturated carbocycles. The van der Waals surface area contributed by atoms with Crippen molar-refractivity contribution in [3.63, 3.8) is 0 Å². The number of aliphatic hydroxyl groups excluding tert-OH is 1. The van der Waals surface area contributed by atoms with Crippen molar-refractivity contribution in [2.75, 3.05) is 11.9 Å². The van der Waals surface area contributed by atoms with Crippen molar-refractivity contribution in [1.29, 1.82) is 0 Å². The molecule has 0 saturated heterocycles. The van der Waals surface area contributed by atoms with E-state index in [2.05, 4.69) is 51.8 Å². The number of halogens is 3. The van der Waals surface area contributed by atoms with Gasteiger partial charge in [0.25, 0.3) is 0 Å². The molecule has 8 heteroatoms. The molecular weight excluding hydrogens is 446 g/mol. The smallest absolute Gasteiger partial charge is 0.224 e. The lowest BCUT2D eigenvalue weighted by molar-refractivity contribution is 0.143. The van der Waals surface area contributed by atoms with E-state index in [1.165, 1.54) is 29.5 Å². The Balaban J connectivity index is 1.50. The second kappa shape index (κ2) is 10.1. The molecule has 0 amide bonds. The van der Waals surface area contributed by atoms with Gasteiger partial charge in [0.15, 0.2) is 0 Å². The minimum atomic E-state index is -0.864. The highest BCUT2D eigenvalue weighted by Gasteiger charge is 2.44. The highest BCUT2D eigenvalue weighted by atomic mass is 35.5. The van der Waals surface area contributed by atoms with E-state index in [1.54, 1.807) is 6.07 Å². The van der Waals surface area contributed by atoms with Crippen molar-refractivity contribution in [1.82, 2.24) is 15.3 Å². The number of nitrogens with one attached hydrogen (secondary N) is 2. The lowest BCUT2D eigenvalue weighted by Gasteiger charge is -2.28. The molecule has 1 aliphatic rings. The average molecular weight is 473 g/mol. The molecule has 0 unspecified atom stereocenters. The molecule has 0 bridgehead atoms. The quantitative estimate of drug-likeness (QED) is 0.375. The predicted molar refractivity (Wildman–Crippen MR) is 125 cm³/mol. The fourth-order valence-electron chi connectivity index (χ4n) is 4.09. The Hall–Kier alpha value is -2.61. The van der Waals surface area contributed by atoms with Crippen LogP contribution in [0.5, 0.6) is 0 Å². The maximum atomic E-state index is 13.7. The van der Waals surface area contributed by atoms with Crippen LogP contribution in [-0.4, -0.2) is 33.8 Å². The number of rotatable bonds is 10. The van der Waals surface area contributed by atoms with Crippen LogP contribution in [-0.2, 0) is 18.4 Å². The van der Waals surface area contributed by atoms with E-state index in [-0.39, 0.29) is 17.2 Å². The highest BCUT2D eigenvalue weighted by Crippen LogP contribution is 2.45. The number of hydrogen-bond donors (Lipinski definition) is 3. The van der Waals surface area contributed by atoms with Crippen LogP contribution in [0.25, 0.3) is 0 Å². The van der Waals surface area contributed by atoms with Crippen LogP contribution in [0.15, 0.2) is 54.7 Å².